The van der Waals surface area contributed by atoms with Crippen LogP contribution in [0.15, 0.2) is 29.3 Å². The van der Waals surface area contributed by atoms with Crippen LogP contribution in [0.2, 0.25) is 0 Å². The number of halogens is 3. The van der Waals surface area contributed by atoms with Crippen LogP contribution in [0.1, 0.15) is 12.5 Å². The highest BCUT2D eigenvalue weighted by atomic mass is 19.4. The van der Waals surface area contributed by atoms with E-state index in [1.807, 2.05) is 6.92 Å². The number of alkyl halides is 3. The molecule has 0 unspecified atom stereocenters. The van der Waals surface area contributed by atoms with E-state index < -0.39 is 12.8 Å². The molecule has 130 valence electrons. The van der Waals surface area contributed by atoms with Crippen LogP contribution >= 0.6 is 0 Å². The van der Waals surface area contributed by atoms with Crippen LogP contribution in [0.25, 0.3) is 0 Å². The zero-order chi connectivity index (χ0) is 17.1. The molecule has 0 heterocycles. The van der Waals surface area contributed by atoms with Crippen LogP contribution in [0.5, 0.6) is 5.75 Å². The maximum absolute atomic E-state index is 12.1. The van der Waals surface area contributed by atoms with E-state index in [-0.39, 0.29) is 5.75 Å². The van der Waals surface area contributed by atoms with Gasteiger partial charge in [-0.1, -0.05) is 12.1 Å². The second-order valence-corrected chi connectivity index (χ2v) is 4.60. The third kappa shape index (κ3) is 8.92. The Morgan fingerprint density at radius 3 is 2.43 bits per heavy atom. The lowest BCUT2D eigenvalue weighted by Crippen LogP contribution is -2.38. The number of guanidine groups is 1. The summed E-state index contributed by atoms with van der Waals surface area (Å²) in [5.41, 5.74) is 0.900. The van der Waals surface area contributed by atoms with Crippen LogP contribution < -0.4 is 15.4 Å². The van der Waals surface area contributed by atoms with Gasteiger partial charge in [-0.2, -0.15) is 13.2 Å². The van der Waals surface area contributed by atoms with Gasteiger partial charge in [-0.05, 0) is 24.6 Å². The fraction of sp³-hybridized carbons (Fsp3) is 0.533. The van der Waals surface area contributed by atoms with Crippen molar-refractivity contribution in [1.82, 2.24) is 10.6 Å². The van der Waals surface area contributed by atoms with Gasteiger partial charge in [0.1, 0.15) is 5.75 Å². The topological polar surface area (TPSA) is 54.9 Å². The van der Waals surface area contributed by atoms with E-state index >= 15 is 0 Å². The molecule has 0 saturated heterocycles. The molecule has 0 saturated carbocycles. The van der Waals surface area contributed by atoms with Crippen LogP contribution in [-0.2, 0) is 11.3 Å². The molecule has 0 atom stereocenters. The van der Waals surface area contributed by atoms with Crippen molar-refractivity contribution >= 4 is 5.96 Å². The molecule has 23 heavy (non-hydrogen) atoms. The van der Waals surface area contributed by atoms with E-state index in [4.69, 9.17) is 4.74 Å². The van der Waals surface area contributed by atoms with Crippen molar-refractivity contribution < 1.29 is 22.6 Å². The second-order valence-electron chi connectivity index (χ2n) is 4.60. The third-order valence-corrected chi connectivity index (χ3v) is 2.75. The van der Waals surface area contributed by atoms with Crippen molar-refractivity contribution in [2.45, 2.75) is 19.6 Å². The summed E-state index contributed by atoms with van der Waals surface area (Å²) in [6.07, 6.45) is -4.33. The van der Waals surface area contributed by atoms with Crippen LogP contribution in [0, 0.1) is 0 Å². The minimum Gasteiger partial charge on any atom is -0.484 e. The van der Waals surface area contributed by atoms with Crippen LogP contribution in [0.3, 0.4) is 0 Å². The monoisotopic (exact) mass is 333 g/mol. The zero-order valence-corrected chi connectivity index (χ0v) is 13.2. The van der Waals surface area contributed by atoms with E-state index in [9.17, 15) is 13.2 Å². The maximum atomic E-state index is 12.1. The highest BCUT2D eigenvalue weighted by Crippen LogP contribution is 2.18. The van der Waals surface area contributed by atoms with Crippen molar-refractivity contribution in [3.8, 4) is 5.75 Å². The number of ether oxygens (including phenoxy) is 2. The Kier molecular flexibility index (Phi) is 8.25. The second kappa shape index (κ2) is 9.94. The predicted octanol–water partition coefficient (Wildman–Crippen LogP) is 2.33. The summed E-state index contributed by atoms with van der Waals surface area (Å²) >= 11 is 0. The number of benzene rings is 1. The van der Waals surface area contributed by atoms with E-state index in [1.165, 1.54) is 12.1 Å². The summed E-state index contributed by atoms with van der Waals surface area (Å²) < 4.78 is 46.0. The smallest absolute Gasteiger partial charge is 0.422 e. The van der Waals surface area contributed by atoms with Crippen molar-refractivity contribution in [3.05, 3.63) is 29.8 Å². The van der Waals surface area contributed by atoms with Gasteiger partial charge >= 0.3 is 6.18 Å². The average Bonchev–Trinajstić information content (AvgIpc) is 2.52. The Morgan fingerprint density at radius 2 is 1.87 bits per heavy atom. The van der Waals surface area contributed by atoms with Crippen molar-refractivity contribution in [2.24, 2.45) is 4.99 Å². The number of aliphatic imine (C=N–C) groups is 1. The highest BCUT2D eigenvalue weighted by Gasteiger charge is 2.28. The molecule has 5 nitrogen and oxygen atoms in total. The lowest BCUT2D eigenvalue weighted by atomic mass is 10.2. The summed E-state index contributed by atoms with van der Waals surface area (Å²) in [5.74, 6) is 0.812. The molecule has 0 aliphatic carbocycles. The first kappa shape index (κ1) is 19.1. The Labute approximate surface area is 133 Å². The first-order valence-electron chi connectivity index (χ1n) is 7.25. The Bertz CT molecular complexity index is 476. The molecular weight excluding hydrogens is 311 g/mol. The van der Waals surface area contributed by atoms with Crippen LogP contribution in [0.4, 0.5) is 13.2 Å². The molecule has 0 radical (unpaired) electrons. The van der Waals surface area contributed by atoms with Crippen molar-refractivity contribution in [2.75, 3.05) is 33.4 Å². The van der Waals surface area contributed by atoms with Gasteiger partial charge in [0.25, 0.3) is 0 Å². The van der Waals surface area contributed by atoms with E-state index in [0.29, 0.717) is 32.3 Å². The maximum Gasteiger partial charge on any atom is 0.422 e. The molecule has 0 amide bonds. The molecule has 0 fully saturated rings. The Morgan fingerprint density at radius 1 is 1.17 bits per heavy atom. The van der Waals surface area contributed by atoms with E-state index in [0.717, 1.165) is 5.56 Å². The molecule has 1 rings (SSSR count). The Balaban J connectivity index is 2.36. The van der Waals surface area contributed by atoms with Gasteiger partial charge in [0.05, 0.1) is 6.61 Å². The van der Waals surface area contributed by atoms with Gasteiger partial charge in [-0.15, -0.1) is 0 Å². The SMILES string of the molecule is CCOCCNC(=NC)NCc1ccc(OCC(F)(F)F)cc1. The minimum atomic E-state index is -4.33. The predicted molar refractivity (Wildman–Crippen MR) is 82.7 cm³/mol. The number of hydrogen-bond donors (Lipinski definition) is 2. The number of nitrogens with one attached hydrogen (secondary N) is 2. The van der Waals surface area contributed by atoms with Crippen molar-refractivity contribution in [1.29, 1.82) is 0 Å². The fourth-order valence-corrected chi connectivity index (χ4v) is 1.66. The van der Waals surface area contributed by atoms with Gasteiger partial charge in [-0.3, -0.25) is 4.99 Å². The number of hydrogen-bond acceptors (Lipinski definition) is 3. The molecular formula is C15H22F3N3O2. The third-order valence-electron chi connectivity index (χ3n) is 2.75. The van der Waals surface area contributed by atoms with Gasteiger partial charge in [0, 0.05) is 26.7 Å². The largest absolute Gasteiger partial charge is 0.484 e. The first-order chi connectivity index (χ1) is 10.9. The molecule has 0 bridgehead atoms. The molecule has 0 aliphatic heterocycles. The Hall–Kier alpha value is -1.96. The van der Waals surface area contributed by atoms with Gasteiger partial charge in [-0.25, -0.2) is 0 Å². The highest BCUT2D eigenvalue weighted by molar-refractivity contribution is 5.79. The summed E-state index contributed by atoms with van der Waals surface area (Å²) in [7, 11) is 1.66. The molecule has 1 aromatic carbocycles. The average molecular weight is 333 g/mol. The van der Waals surface area contributed by atoms with Crippen LogP contribution in [-0.4, -0.2) is 45.5 Å². The summed E-state index contributed by atoms with van der Waals surface area (Å²) in [6.45, 7) is 3.01. The molecule has 0 spiro atoms. The van der Waals surface area contributed by atoms with Gasteiger partial charge in [0.15, 0.2) is 12.6 Å². The number of nitrogens with zero attached hydrogens (tertiary/aromatic N) is 1. The molecule has 8 heteroatoms. The fourth-order valence-electron chi connectivity index (χ4n) is 1.66. The molecule has 2 N–H and O–H groups in total. The number of rotatable bonds is 8. The van der Waals surface area contributed by atoms with Gasteiger partial charge < -0.3 is 20.1 Å². The lowest BCUT2D eigenvalue weighted by Gasteiger charge is -2.12. The first-order valence-corrected chi connectivity index (χ1v) is 7.25. The van der Waals surface area contributed by atoms with E-state index in [1.54, 1.807) is 19.2 Å². The molecule has 0 aliphatic rings. The van der Waals surface area contributed by atoms with E-state index in [2.05, 4.69) is 20.4 Å². The quantitative estimate of drug-likeness (QED) is 0.436. The summed E-state index contributed by atoms with van der Waals surface area (Å²) in [5, 5.41) is 6.19. The summed E-state index contributed by atoms with van der Waals surface area (Å²) in [6, 6.07) is 6.42. The summed E-state index contributed by atoms with van der Waals surface area (Å²) in [4.78, 5) is 4.06. The lowest BCUT2D eigenvalue weighted by molar-refractivity contribution is -0.153. The minimum absolute atomic E-state index is 0.185. The van der Waals surface area contributed by atoms with Gasteiger partial charge in [0.2, 0.25) is 0 Å². The zero-order valence-electron chi connectivity index (χ0n) is 13.2. The normalized spacial score (nSPS) is 12.1. The standard InChI is InChI=1S/C15H22F3N3O2/c1-3-22-9-8-20-14(19-2)21-10-12-4-6-13(7-5-12)23-11-15(16,17)18/h4-7H,3,8-11H2,1-2H3,(H2,19,20,21). The molecule has 0 aromatic heterocycles. The molecule has 1 aromatic rings. The van der Waals surface area contributed by atoms with Crippen molar-refractivity contribution in [3.63, 3.8) is 0 Å².